The van der Waals surface area contributed by atoms with Crippen LogP contribution in [-0.4, -0.2) is 36.0 Å². The Labute approximate surface area is 110 Å². The van der Waals surface area contributed by atoms with Gasteiger partial charge in [-0.25, -0.2) is 0 Å². The van der Waals surface area contributed by atoms with Crippen molar-refractivity contribution < 1.29 is 4.79 Å². The van der Waals surface area contributed by atoms with Gasteiger partial charge in [0.25, 0.3) is 0 Å². The van der Waals surface area contributed by atoms with Gasteiger partial charge < -0.3 is 5.32 Å². The Kier molecular flexibility index (Phi) is 6.14. The summed E-state index contributed by atoms with van der Waals surface area (Å²) in [5.74, 6) is 0.503. The van der Waals surface area contributed by atoms with Gasteiger partial charge in [-0.05, 0) is 25.7 Å². The van der Waals surface area contributed by atoms with Crippen LogP contribution in [0.15, 0.2) is 0 Å². The van der Waals surface area contributed by atoms with Gasteiger partial charge in [0.2, 0.25) is 5.91 Å². The molecular formula is C14H25N3O. The SMILES string of the molecule is CC(C)CNC(=O)C(C)N(CC#N)C1CCCC1. The van der Waals surface area contributed by atoms with E-state index in [1.807, 2.05) is 6.92 Å². The van der Waals surface area contributed by atoms with Gasteiger partial charge in [0.05, 0.1) is 18.7 Å². The number of nitrogens with one attached hydrogen (secondary N) is 1. The minimum Gasteiger partial charge on any atom is -0.354 e. The first-order valence-electron chi connectivity index (χ1n) is 6.96. The van der Waals surface area contributed by atoms with E-state index >= 15 is 0 Å². The van der Waals surface area contributed by atoms with Crippen LogP contribution in [0.5, 0.6) is 0 Å². The van der Waals surface area contributed by atoms with E-state index < -0.39 is 0 Å². The molecule has 1 aliphatic rings. The third kappa shape index (κ3) is 4.30. The molecule has 0 radical (unpaired) electrons. The van der Waals surface area contributed by atoms with Gasteiger partial charge in [0.15, 0.2) is 0 Å². The molecule has 0 bridgehead atoms. The van der Waals surface area contributed by atoms with Gasteiger partial charge in [0.1, 0.15) is 0 Å². The molecule has 4 nitrogen and oxygen atoms in total. The number of nitriles is 1. The standard InChI is InChI=1S/C14H25N3O/c1-11(2)10-16-14(18)12(3)17(9-8-15)13-6-4-5-7-13/h11-13H,4-7,9-10H2,1-3H3,(H,16,18). The van der Waals surface area contributed by atoms with Crippen molar-refractivity contribution in [2.24, 2.45) is 5.92 Å². The van der Waals surface area contributed by atoms with Crippen molar-refractivity contribution >= 4 is 5.91 Å². The molecule has 1 N–H and O–H groups in total. The van der Waals surface area contributed by atoms with E-state index in [1.54, 1.807) is 0 Å². The van der Waals surface area contributed by atoms with Crippen LogP contribution < -0.4 is 5.32 Å². The van der Waals surface area contributed by atoms with E-state index in [9.17, 15) is 4.79 Å². The quantitative estimate of drug-likeness (QED) is 0.734. The van der Waals surface area contributed by atoms with E-state index in [1.165, 1.54) is 12.8 Å². The largest absolute Gasteiger partial charge is 0.354 e. The van der Waals surface area contributed by atoms with E-state index in [-0.39, 0.29) is 11.9 Å². The predicted molar refractivity (Wildman–Crippen MR) is 71.9 cm³/mol. The molecule has 102 valence electrons. The molecule has 0 aromatic carbocycles. The van der Waals surface area contributed by atoms with Crippen LogP contribution in [0.2, 0.25) is 0 Å². The maximum Gasteiger partial charge on any atom is 0.237 e. The number of amides is 1. The molecule has 1 saturated carbocycles. The highest BCUT2D eigenvalue weighted by Gasteiger charge is 2.29. The predicted octanol–water partition coefficient (Wildman–Crippen LogP) is 1.92. The Morgan fingerprint density at radius 1 is 1.39 bits per heavy atom. The second-order valence-electron chi connectivity index (χ2n) is 5.58. The second-order valence-corrected chi connectivity index (χ2v) is 5.58. The zero-order chi connectivity index (χ0) is 13.5. The van der Waals surface area contributed by atoms with Crippen molar-refractivity contribution in [3.05, 3.63) is 0 Å². The van der Waals surface area contributed by atoms with Crippen molar-refractivity contribution in [3.63, 3.8) is 0 Å². The van der Waals surface area contributed by atoms with Crippen molar-refractivity contribution in [1.29, 1.82) is 5.26 Å². The lowest BCUT2D eigenvalue weighted by Crippen LogP contribution is -2.49. The van der Waals surface area contributed by atoms with E-state index in [2.05, 4.69) is 30.1 Å². The molecule has 18 heavy (non-hydrogen) atoms. The van der Waals surface area contributed by atoms with Crippen LogP contribution in [0.1, 0.15) is 46.5 Å². The summed E-state index contributed by atoms with van der Waals surface area (Å²) in [5.41, 5.74) is 0. The third-order valence-corrected chi connectivity index (χ3v) is 3.61. The van der Waals surface area contributed by atoms with Gasteiger partial charge in [-0.1, -0.05) is 26.7 Å². The first kappa shape index (κ1) is 15.0. The maximum absolute atomic E-state index is 12.1. The van der Waals surface area contributed by atoms with Crippen molar-refractivity contribution in [1.82, 2.24) is 10.2 Å². The molecule has 0 aromatic heterocycles. The molecule has 0 saturated heterocycles. The van der Waals surface area contributed by atoms with Crippen molar-refractivity contribution in [2.75, 3.05) is 13.1 Å². The van der Waals surface area contributed by atoms with Crippen molar-refractivity contribution in [3.8, 4) is 6.07 Å². The molecule has 4 heteroatoms. The lowest BCUT2D eigenvalue weighted by atomic mass is 10.1. The van der Waals surface area contributed by atoms with Crippen LogP contribution in [0.3, 0.4) is 0 Å². The molecule has 0 aromatic rings. The lowest BCUT2D eigenvalue weighted by Gasteiger charge is -2.31. The zero-order valence-electron chi connectivity index (χ0n) is 11.8. The van der Waals surface area contributed by atoms with Gasteiger partial charge >= 0.3 is 0 Å². The number of carbonyl (C=O) groups is 1. The first-order valence-corrected chi connectivity index (χ1v) is 6.96. The molecule has 1 amide bonds. The van der Waals surface area contributed by atoms with E-state index in [4.69, 9.17) is 5.26 Å². The maximum atomic E-state index is 12.1. The normalized spacial score (nSPS) is 18.0. The lowest BCUT2D eigenvalue weighted by molar-refractivity contribution is -0.126. The summed E-state index contributed by atoms with van der Waals surface area (Å²) < 4.78 is 0. The van der Waals surface area contributed by atoms with Gasteiger partial charge in [0, 0.05) is 12.6 Å². The number of carbonyl (C=O) groups excluding carboxylic acids is 1. The number of hydrogen-bond acceptors (Lipinski definition) is 3. The summed E-state index contributed by atoms with van der Waals surface area (Å²) in [6.07, 6.45) is 4.66. The van der Waals surface area contributed by atoms with Crippen LogP contribution >= 0.6 is 0 Å². The number of nitrogens with zero attached hydrogens (tertiary/aromatic N) is 2. The highest BCUT2D eigenvalue weighted by Crippen LogP contribution is 2.24. The Morgan fingerprint density at radius 2 is 2.00 bits per heavy atom. The topological polar surface area (TPSA) is 56.1 Å². The number of hydrogen-bond donors (Lipinski definition) is 1. The van der Waals surface area contributed by atoms with Gasteiger partial charge in [-0.2, -0.15) is 5.26 Å². The van der Waals surface area contributed by atoms with E-state index in [0.29, 0.717) is 25.0 Å². The molecule has 1 unspecified atom stereocenters. The van der Waals surface area contributed by atoms with Crippen LogP contribution in [0, 0.1) is 17.2 Å². The molecule has 0 heterocycles. The summed E-state index contributed by atoms with van der Waals surface area (Å²) >= 11 is 0. The fourth-order valence-corrected chi connectivity index (χ4v) is 2.50. The Morgan fingerprint density at radius 3 is 2.50 bits per heavy atom. The number of rotatable bonds is 6. The minimum atomic E-state index is -0.202. The molecule has 1 rings (SSSR count). The average Bonchev–Trinajstić information content (AvgIpc) is 2.85. The van der Waals surface area contributed by atoms with E-state index in [0.717, 1.165) is 12.8 Å². The summed E-state index contributed by atoms with van der Waals surface area (Å²) in [6, 6.07) is 2.40. The Bertz CT molecular complexity index is 303. The Balaban J connectivity index is 2.55. The molecule has 1 aliphatic carbocycles. The summed E-state index contributed by atoms with van der Waals surface area (Å²) in [6.45, 7) is 7.12. The van der Waals surface area contributed by atoms with Crippen LogP contribution in [0.4, 0.5) is 0 Å². The molecule has 0 spiro atoms. The monoisotopic (exact) mass is 251 g/mol. The first-order chi connectivity index (χ1) is 8.56. The summed E-state index contributed by atoms with van der Waals surface area (Å²) in [7, 11) is 0. The molecule has 1 atom stereocenters. The summed E-state index contributed by atoms with van der Waals surface area (Å²) in [5, 5.41) is 11.9. The molecule has 0 aliphatic heterocycles. The molecular weight excluding hydrogens is 226 g/mol. The minimum absolute atomic E-state index is 0.0471. The highest BCUT2D eigenvalue weighted by molar-refractivity contribution is 5.81. The van der Waals surface area contributed by atoms with Crippen LogP contribution in [0.25, 0.3) is 0 Å². The van der Waals surface area contributed by atoms with Crippen LogP contribution in [-0.2, 0) is 4.79 Å². The van der Waals surface area contributed by atoms with Crippen molar-refractivity contribution in [2.45, 2.75) is 58.5 Å². The third-order valence-electron chi connectivity index (χ3n) is 3.61. The second kappa shape index (κ2) is 7.38. The highest BCUT2D eigenvalue weighted by atomic mass is 16.2. The van der Waals surface area contributed by atoms with Gasteiger partial charge in [-0.15, -0.1) is 0 Å². The Hall–Kier alpha value is -1.08. The average molecular weight is 251 g/mol. The fraction of sp³-hybridized carbons (Fsp3) is 0.857. The smallest absolute Gasteiger partial charge is 0.237 e. The van der Waals surface area contributed by atoms with Gasteiger partial charge in [-0.3, -0.25) is 9.69 Å². The molecule has 1 fully saturated rings. The summed E-state index contributed by atoms with van der Waals surface area (Å²) in [4.78, 5) is 14.1. The zero-order valence-corrected chi connectivity index (χ0v) is 11.8. The fourth-order valence-electron chi connectivity index (χ4n) is 2.50.